The average molecular weight is 384 g/mol. The fraction of sp³-hybridized carbons (Fsp3) is 0.286. The summed E-state index contributed by atoms with van der Waals surface area (Å²) in [5, 5.41) is 5.80. The first-order chi connectivity index (χ1) is 13.3. The molecule has 0 atom stereocenters. The second-order valence-corrected chi connectivity index (χ2v) is 6.75. The van der Waals surface area contributed by atoms with Gasteiger partial charge >= 0.3 is 0 Å². The summed E-state index contributed by atoms with van der Waals surface area (Å²) in [6, 6.07) is 11.4. The van der Waals surface area contributed by atoms with E-state index in [1.54, 1.807) is 25.2 Å². The molecule has 6 nitrogen and oxygen atoms in total. The summed E-state index contributed by atoms with van der Waals surface area (Å²) in [4.78, 5) is 0. The zero-order chi connectivity index (χ0) is 20.4. The standard InChI is InChI=1S/C21H25FN4O2/c1-13-7-6-8-17(25(3)23)16(13)12-28-18-10-9-15(11-14(18)2)20-19(22)21(27-5)26(4)24-20/h6-11H,12,23H2,1-5H3. The van der Waals surface area contributed by atoms with Crippen LogP contribution in [0.3, 0.4) is 0 Å². The molecule has 1 heterocycles. The summed E-state index contributed by atoms with van der Waals surface area (Å²) in [5.74, 6) is 6.28. The Morgan fingerprint density at radius 1 is 1.18 bits per heavy atom. The van der Waals surface area contributed by atoms with Crippen LogP contribution in [0.25, 0.3) is 11.3 Å². The minimum atomic E-state index is -0.478. The quantitative estimate of drug-likeness (QED) is 0.518. The Hall–Kier alpha value is -3.06. The van der Waals surface area contributed by atoms with Crippen molar-refractivity contribution in [2.45, 2.75) is 20.5 Å². The first kappa shape index (κ1) is 19.7. The fourth-order valence-corrected chi connectivity index (χ4v) is 3.20. The number of hydrazine groups is 1. The van der Waals surface area contributed by atoms with Crippen LogP contribution in [0.2, 0.25) is 0 Å². The van der Waals surface area contributed by atoms with Crippen molar-refractivity contribution in [1.82, 2.24) is 9.78 Å². The van der Waals surface area contributed by atoms with E-state index in [0.29, 0.717) is 12.2 Å². The van der Waals surface area contributed by atoms with Crippen LogP contribution in [0.4, 0.5) is 10.1 Å². The SMILES string of the molecule is COc1c(F)c(-c2ccc(OCc3c(C)cccc3N(C)N)c(C)c2)nn1C. The van der Waals surface area contributed by atoms with Gasteiger partial charge in [-0.1, -0.05) is 12.1 Å². The lowest BCUT2D eigenvalue weighted by Crippen LogP contribution is -2.26. The highest BCUT2D eigenvalue weighted by molar-refractivity contribution is 5.64. The van der Waals surface area contributed by atoms with Crippen molar-refractivity contribution in [2.24, 2.45) is 12.9 Å². The van der Waals surface area contributed by atoms with Crippen molar-refractivity contribution in [3.05, 3.63) is 58.9 Å². The van der Waals surface area contributed by atoms with Gasteiger partial charge in [0.05, 0.1) is 12.8 Å². The Bertz CT molecular complexity index is 998. The number of rotatable bonds is 6. The Balaban J connectivity index is 1.85. The molecule has 7 heteroatoms. The van der Waals surface area contributed by atoms with Crippen LogP contribution in [-0.2, 0) is 13.7 Å². The minimum Gasteiger partial charge on any atom is -0.489 e. The third-order valence-electron chi connectivity index (χ3n) is 4.72. The molecular formula is C21H25FN4O2. The molecule has 0 fully saturated rings. The Labute approximate surface area is 164 Å². The van der Waals surface area contributed by atoms with E-state index in [1.165, 1.54) is 11.8 Å². The molecule has 0 unspecified atom stereocenters. The summed E-state index contributed by atoms with van der Waals surface area (Å²) in [6.45, 7) is 4.33. The normalized spacial score (nSPS) is 10.8. The zero-order valence-electron chi connectivity index (χ0n) is 16.8. The van der Waals surface area contributed by atoms with E-state index in [-0.39, 0.29) is 11.6 Å². The van der Waals surface area contributed by atoms with Crippen LogP contribution >= 0.6 is 0 Å². The first-order valence-corrected chi connectivity index (χ1v) is 8.90. The highest BCUT2D eigenvalue weighted by Gasteiger charge is 2.19. The molecule has 3 rings (SSSR count). The molecule has 1 aromatic heterocycles. The summed E-state index contributed by atoms with van der Waals surface area (Å²) < 4.78 is 27.0. The molecule has 2 aromatic carbocycles. The molecule has 0 radical (unpaired) electrons. The van der Waals surface area contributed by atoms with E-state index in [1.807, 2.05) is 44.2 Å². The Morgan fingerprint density at radius 3 is 2.54 bits per heavy atom. The molecule has 148 valence electrons. The van der Waals surface area contributed by atoms with Gasteiger partial charge in [-0.05, 0) is 49.2 Å². The molecule has 0 saturated carbocycles. The molecule has 0 amide bonds. The van der Waals surface area contributed by atoms with Gasteiger partial charge in [0, 0.05) is 25.2 Å². The van der Waals surface area contributed by atoms with Crippen molar-refractivity contribution in [2.75, 3.05) is 19.2 Å². The average Bonchev–Trinajstić information content (AvgIpc) is 2.94. The summed E-state index contributed by atoms with van der Waals surface area (Å²) in [6.07, 6.45) is 0. The molecular weight excluding hydrogens is 359 g/mol. The number of methoxy groups -OCH3 is 1. The maximum atomic E-state index is 14.5. The molecule has 28 heavy (non-hydrogen) atoms. The van der Waals surface area contributed by atoms with E-state index in [4.69, 9.17) is 15.3 Å². The number of benzene rings is 2. The van der Waals surface area contributed by atoms with Gasteiger partial charge in [-0.3, -0.25) is 0 Å². The van der Waals surface area contributed by atoms with Crippen molar-refractivity contribution >= 4 is 5.69 Å². The third kappa shape index (κ3) is 3.66. The molecule has 0 bridgehead atoms. The van der Waals surface area contributed by atoms with Crippen LogP contribution in [0.1, 0.15) is 16.7 Å². The van der Waals surface area contributed by atoms with Crippen molar-refractivity contribution in [1.29, 1.82) is 0 Å². The number of halogens is 1. The van der Waals surface area contributed by atoms with E-state index in [9.17, 15) is 4.39 Å². The fourth-order valence-electron chi connectivity index (χ4n) is 3.20. The first-order valence-electron chi connectivity index (χ1n) is 8.90. The second kappa shape index (κ2) is 7.90. The largest absolute Gasteiger partial charge is 0.489 e. The summed E-state index contributed by atoms with van der Waals surface area (Å²) >= 11 is 0. The van der Waals surface area contributed by atoms with Crippen molar-refractivity contribution in [3.8, 4) is 22.9 Å². The van der Waals surface area contributed by atoms with Gasteiger partial charge in [-0.15, -0.1) is 0 Å². The number of nitrogens with zero attached hydrogens (tertiary/aromatic N) is 3. The Kier molecular flexibility index (Phi) is 5.56. The predicted octanol–water partition coefficient (Wildman–Crippen LogP) is 3.74. The monoisotopic (exact) mass is 384 g/mol. The predicted molar refractivity (Wildman–Crippen MR) is 108 cm³/mol. The highest BCUT2D eigenvalue weighted by Crippen LogP contribution is 2.32. The van der Waals surface area contributed by atoms with E-state index < -0.39 is 5.82 Å². The lowest BCUT2D eigenvalue weighted by molar-refractivity contribution is 0.303. The van der Waals surface area contributed by atoms with Crippen LogP contribution in [-0.4, -0.2) is 23.9 Å². The van der Waals surface area contributed by atoms with E-state index in [2.05, 4.69) is 5.10 Å². The molecule has 0 aliphatic rings. The maximum Gasteiger partial charge on any atom is 0.249 e. The number of hydrogen-bond acceptors (Lipinski definition) is 5. The smallest absolute Gasteiger partial charge is 0.249 e. The molecule has 3 aromatic rings. The van der Waals surface area contributed by atoms with Gasteiger partial charge in [-0.2, -0.15) is 9.49 Å². The third-order valence-corrected chi connectivity index (χ3v) is 4.72. The molecule has 0 aliphatic heterocycles. The molecule has 0 aliphatic carbocycles. The number of hydrogen-bond donors (Lipinski definition) is 1. The van der Waals surface area contributed by atoms with Crippen molar-refractivity contribution < 1.29 is 13.9 Å². The van der Waals surface area contributed by atoms with Gasteiger partial charge in [0.15, 0.2) is 0 Å². The van der Waals surface area contributed by atoms with Crippen molar-refractivity contribution in [3.63, 3.8) is 0 Å². The van der Waals surface area contributed by atoms with Gasteiger partial charge in [-0.25, -0.2) is 10.5 Å². The van der Waals surface area contributed by atoms with Gasteiger partial charge in [0.1, 0.15) is 18.1 Å². The van der Waals surface area contributed by atoms with Gasteiger partial charge < -0.3 is 14.5 Å². The Morgan fingerprint density at radius 2 is 1.93 bits per heavy atom. The second-order valence-electron chi connectivity index (χ2n) is 6.75. The number of nitrogens with two attached hydrogens (primary N) is 1. The molecule has 2 N–H and O–H groups in total. The number of anilines is 1. The van der Waals surface area contributed by atoms with Crippen LogP contribution in [0.15, 0.2) is 36.4 Å². The molecule has 0 saturated heterocycles. The van der Waals surface area contributed by atoms with Gasteiger partial charge in [0.2, 0.25) is 11.7 Å². The lowest BCUT2D eigenvalue weighted by Gasteiger charge is -2.19. The van der Waals surface area contributed by atoms with E-state index in [0.717, 1.165) is 28.1 Å². The minimum absolute atomic E-state index is 0.103. The lowest BCUT2D eigenvalue weighted by atomic mass is 10.1. The van der Waals surface area contributed by atoms with Gasteiger partial charge in [0.25, 0.3) is 0 Å². The highest BCUT2D eigenvalue weighted by atomic mass is 19.1. The molecule has 0 spiro atoms. The van der Waals surface area contributed by atoms with E-state index >= 15 is 0 Å². The zero-order valence-corrected chi connectivity index (χ0v) is 16.8. The summed E-state index contributed by atoms with van der Waals surface area (Å²) in [5.41, 5.74) is 4.84. The topological polar surface area (TPSA) is 65.5 Å². The number of aromatic nitrogens is 2. The maximum absolute atomic E-state index is 14.5. The van der Waals surface area contributed by atoms with Crippen LogP contribution in [0.5, 0.6) is 11.6 Å². The number of aryl methyl sites for hydroxylation is 3. The number of ether oxygens (including phenoxy) is 2. The summed E-state index contributed by atoms with van der Waals surface area (Å²) in [7, 11) is 4.86. The van der Waals surface area contributed by atoms with Crippen LogP contribution < -0.4 is 20.3 Å². The van der Waals surface area contributed by atoms with Crippen LogP contribution in [0, 0.1) is 19.7 Å².